The van der Waals surface area contributed by atoms with Gasteiger partial charge < -0.3 is 10.0 Å². The molecular weight excluding hydrogens is 280 g/mol. The molecule has 22 heavy (non-hydrogen) atoms. The summed E-state index contributed by atoms with van der Waals surface area (Å²) in [5.41, 5.74) is 0.798. The van der Waals surface area contributed by atoms with Gasteiger partial charge in [-0.25, -0.2) is 0 Å². The van der Waals surface area contributed by atoms with E-state index < -0.39 is 5.60 Å². The molecule has 6 heteroatoms. The Morgan fingerprint density at radius 3 is 2.41 bits per heavy atom. The summed E-state index contributed by atoms with van der Waals surface area (Å²) in [4.78, 5) is 14.1. The first kappa shape index (κ1) is 14.7. The van der Waals surface area contributed by atoms with Gasteiger partial charge in [0, 0.05) is 24.8 Å². The lowest BCUT2D eigenvalue weighted by molar-refractivity contribution is 0.0157. The van der Waals surface area contributed by atoms with Crippen LogP contribution in [0.15, 0.2) is 36.9 Å². The van der Waals surface area contributed by atoms with Crippen LogP contribution in [0.2, 0.25) is 0 Å². The van der Waals surface area contributed by atoms with Crippen LogP contribution in [0.5, 0.6) is 0 Å². The third kappa shape index (κ3) is 3.01. The highest BCUT2D eigenvalue weighted by atomic mass is 16.3. The van der Waals surface area contributed by atoms with Gasteiger partial charge in [0.2, 0.25) is 0 Å². The largest absolute Gasteiger partial charge is 0.388 e. The van der Waals surface area contributed by atoms with Crippen LogP contribution >= 0.6 is 0 Å². The molecule has 0 bridgehead atoms. The fourth-order valence-electron chi connectivity index (χ4n) is 3.04. The fourth-order valence-corrected chi connectivity index (χ4v) is 3.04. The van der Waals surface area contributed by atoms with E-state index in [1.165, 1.54) is 0 Å². The molecule has 3 rings (SSSR count). The molecule has 116 valence electrons. The number of carbonyl (C=O) groups is 1. The number of nitrogens with zero attached hydrogens (tertiary/aromatic N) is 4. The molecule has 0 saturated heterocycles. The SMILES string of the molecule is CN(CC1(O)CCCC1)C(=O)c1ccc(-n2cnnc2)cc1. The summed E-state index contributed by atoms with van der Waals surface area (Å²) in [6.07, 6.45) is 6.84. The van der Waals surface area contributed by atoms with Gasteiger partial charge in [-0.1, -0.05) is 12.8 Å². The zero-order valence-corrected chi connectivity index (χ0v) is 12.6. The van der Waals surface area contributed by atoms with Gasteiger partial charge in [0.05, 0.1) is 5.60 Å². The molecule has 1 aliphatic carbocycles. The van der Waals surface area contributed by atoms with E-state index in [1.807, 2.05) is 12.1 Å². The highest BCUT2D eigenvalue weighted by molar-refractivity contribution is 5.94. The molecule has 1 fully saturated rings. The summed E-state index contributed by atoms with van der Waals surface area (Å²) < 4.78 is 1.78. The smallest absolute Gasteiger partial charge is 0.253 e. The molecule has 0 aliphatic heterocycles. The second-order valence-electron chi connectivity index (χ2n) is 6.01. The summed E-state index contributed by atoms with van der Waals surface area (Å²) in [7, 11) is 1.74. The van der Waals surface area contributed by atoms with E-state index in [-0.39, 0.29) is 5.91 Å². The van der Waals surface area contributed by atoms with E-state index >= 15 is 0 Å². The van der Waals surface area contributed by atoms with E-state index in [4.69, 9.17) is 0 Å². The molecule has 0 spiro atoms. The van der Waals surface area contributed by atoms with Gasteiger partial charge in [-0.2, -0.15) is 0 Å². The Balaban J connectivity index is 1.69. The Morgan fingerprint density at radius 1 is 1.23 bits per heavy atom. The van der Waals surface area contributed by atoms with Crippen molar-refractivity contribution in [1.82, 2.24) is 19.7 Å². The first-order valence-corrected chi connectivity index (χ1v) is 7.50. The molecule has 1 aromatic carbocycles. The van der Waals surface area contributed by atoms with E-state index in [0.717, 1.165) is 31.4 Å². The van der Waals surface area contributed by atoms with Crippen LogP contribution in [0.4, 0.5) is 0 Å². The maximum Gasteiger partial charge on any atom is 0.253 e. The van der Waals surface area contributed by atoms with Crippen molar-refractivity contribution in [3.8, 4) is 5.69 Å². The molecule has 2 aromatic rings. The van der Waals surface area contributed by atoms with Crippen LogP contribution < -0.4 is 0 Å². The number of hydrogen-bond donors (Lipinski definition) is 1. The number of carbonyl (C=O) groups excluding carboxylic acids is 1. The van der Waals surface area contributed by atoms with Gasteiger partial charge >= 0.3 is 0 Å². The Morgan fingerprint density at radius 2 is 1.82 bits per heavy atom. The van der Waals surface area contributed by atoms with Crippen molar-refractivity contribution in [2.45, 2.75) is 31.3 Å². The number of likely N-dealkylation sites (N-methyl/N-ethyl adjacent to an activating group) is 1. The van der Waals surface area contributed by atoms with Crippen LogP contribution in [0, 0.1) is 0 Å². The molecule has 6 nitrogen and oxygen atoms in total. The van der Waals surface area contributed by atoms with Crippen molar-refractivity contribution >= 4 is 5.91 Å². The van der Waals surface area contributed by atoms with Crippen LogP contribution in [-0.4, -0.2) is 49.9 Å². The van der Waals surface area contributed by atoms with Crippen molar-refractivity contribution in [2.24, 2.45) is 0 Å². The second kappa shape index (κ2) is 5.88. The Kier molecular flexibility index (Phi) is 3.94. The molecule has 1 N–H and O–H groups in total. The normalized spacial score (nSPS) is 16.6. The number of amides is 1. The zero-order chi connectivity index (χ0) is 15.6. The molecule has 0 radical (unpaired) electrons. The average Bonchev–Trinajstić information content (AvgIpc) is 3.18. The number of hydrogen-bond acceptors (Lipinski definition) is 4. The summed E-state index contributed by atoms with van der Waals surface area (Å²) in [5.74, 6) is -0.0735. The summed E-state index contributed by atoms with van der Waals surface area (Å²) in [5, 5.41) is 17.9. The molecule has 0 atom stereocenters. The van der Waals surface area contributed by atoms with Gasteiger partial charge in [0.25, 0.3) is 5.91 Å². The van der Waals surface area contributed by atoms with E-state index in [1.54, 1.807) is 41.3 Å². The zero-order valence-electron chi connectivity index (χ0n) is 12.6. The van der Waals surface area contributed by atoms with Crippen LogP contribution in [0.3, 0.4) is 0 Å². The van der Waals surface area contributed by atoms with Gasteiger partial charge in [0.15, 0.2) is 0 Å². The highest BCUT2D eigenvalue weighted by Gasteiger charge is 2.33. The van der Waals surface area contributed by atoms with Crippen molar-refractivity contribution in [3.05, 3.63) is 42.5 Å². The lowest BCUT2D eigenvalue weighted by Gasteiger charge is -2.28. The van der Waals surface area contributed by atoms with Crippen molar-refractivity contribution in [1.29, 1.82) is 0 Å². The van der Waals surface area contributed by atoms with E-state index in [0.29, 0.717) is 12.1 Å². The molecule has 0 unspecified atom stereocenters. The molecule has 1 aliphatic rings. The van der Waals surface area contributed by atoms with Crippen molar-refractivity contribution < 1.29 is 9.90 Å². The quantitative estimate of drug-likeness (QED) is 0.932. The molecule has 1 saturated carbocycles. The molecule has 1 amide bonds. The maximum absolute atomic E-state index is 12.5. The number of aliphatic hydroxyl groups is 1. The molecule has 1 heterocycles. The Labute approximate surface area is 129 Å². The standard InChI is InChI=1S/C16H20N4O2/c1-19(10-16(22)8-2-3-9-16)15(21)13-4-6-14(7-5-13)20-11-17-18-12-20/h4-7,11-12,22H,2-3,8-10H2,1H3. The van der Waals surface area contributed by atoms with Crippen LogP contribution in [0.1, 0.15) is 36.0 Å². The molecular formula is C16H20N4O2. The van der Waals surface area contributed by atoms with Gasteiger partial charge in [-0.05, 0) is 37.1 Å². The Bertz CT molecular complexity index is 631. The third-order valence-corrected chi connectivity index (χ3v) is 4.24. The molecule has 1 aromatic heterocycles. The van der Waals surface area contributed by atoms with Crippen molar-refractivity contribution in [2.75, 3.05) is 13.6 Å². The topological polar surface area (TPSA) is 71.2 Å². The van der Waals surface area contributed by atoms with E-state index in [9.17, 15) is 9.90 Å². The lowest BCUT2D eigenvalue weighted by Crippen LogP contribution is -2.42. The monoisotopic (exact) mass is 300 g/mol. The van der Waals surface area contributed by atoms with Crippen molar-refractivity contribution in [3.63, 3.8) is 0 Å². The Hall–Kier alpha value is -2.21. The average molecular weight is 300 g/mol. The van der Waals surface area contributed by atoms with Crippen LogP contribution in [0.25, 0.3) is 5.69 Å². The maximum atomic E-state index is 12.5. The summed E-state index contributed by atoms with van der Waals surface area (Å²) >= 11 is 0. The van der Waals surface area contributed by atoms with Gasteiger partial charge in [-0.15, -0.1) is 10.2 Å². The minimum Gasteiger partial charge on any atom is -0.388 e. The van der Waals surface area contributed by atoms with Gasteiger partial charge in [-0.3, -0.25) is 9.36 Å². The highest BCUT2D eigenvalue weighted by Crippen LogP contribution is 2.30. The third-order valence-electron chi connectivity index (χ3n) is 4.24. The minimum absolute atomic E-state index is 0.0735. The summed E-state index contributed by atoms with van der Waals surface area (Å²) in [6.45, 7) is 0.388. The predicted octanol–water partition coefficient (Wildman–Crippen LogP) is 1.64. The van der Waals surface area contributed by atoms with E-state index in [2.05, 4.69) is 10.2 Å². The summed E-state index contributed by atoms with van der Waals surface area (Å²) in [6, 6.07) is 7.28. The second-order valence-corrected chi connectivity index (χ2v) is 6.01. The van der Waals surface area contributed by atoms with Crippen LogP contribution in [-0.2, 0) is 0 Å². The lowest BCUT2D eigenvalue weighted by atomic mass is 10.0. The first-order chi connectivity index (χ1) is 10.6. The first-order valence-electron chi connectivity index (χ1n) is 7.50. The number of aromatic nitrogens is 3. The van der Waals surface area contributed by atoms with Gasteiger partial charge in [0.1, 0.15) is 12.7 Å². The number of rotatable bonds is 4. The fraction of sp³-hybridized carbons (Fsp3) is 0.438. The minimum atomic E-state index is -0.715. The number of benzene rings is 1. The predicted molar refractivity (Wildman–Crippen MR) is 81.7 cm³/mol.